The van der Waals surface area contributed by atoms with E-state index < -0.39 is 0 Å². The Hall–Kier alpha value is -2.43. The van der Waals surface area contributed by atoms with E-state index in [0.717, 1.165) is 41.5 Å². The topological polar surface area (TPSA) is 54.4 Å². The smallest absolute Gasteiger partial charge is 0.218 e. The van der Waals surface area contributed by atoms with Crippen LogP contribution in [0, 0.1) is 0 Å². The molecular formula is C20H22N2O2. The molecule has 0 atom stereocenters. The van der Waals surface area contributed by atoms with Gasteiger partial charge in [0.15, 0.2) is 0 Å². The summed E-state index contributed by atoms with van der Waals surface area (Å²) >= 11 is 0. The Morgan fingerprint density at radius 2 is 1.79 bits per heavy atom. The first kappa shape index (κ1) is 16.4. The summed E-state index contributed by atoms with van der Waals surface area (Å²) in [6, 6.07) is 18.2. The number of fused-ring (bicyclic) bond motifs is 1. The van der Waals surface area contributed by atoms with Gasteiger partial charge in [-0.3, -0.25) is 0 Å². The highest BCUT2D eigenvalue weighted by Gasteiger charge is 2.07. The van der Waals surface area contributed by atoms with Crippen molar-refractivity contribution in [3.63, 3.8) is 0 Å². The maximum atomic E-state index is 9.06. The van der Waals surface area contributed by atoms with Crippen molar-refractivity contribution in [1.82, 2.24) is 10.3 Å². The number of aromatic nitrogens is 1. The molecule has 1 heterocycles. The first-order valence-corrected chi connectivity index (χ1v) is 8.12. The molecule has 4 nitrogen and oxygen atoms in total. The third-order valence-corrected chi connectivity index (χ3v) is 4.07. The van der Waals surface area contributed by atoms with Crippen molar-refractivity contribution in [2.45, 2.75) is 19.6 Å². The Morgan fingerprint density at radius 1 is 1.04 bits per heavy atom. The van der Waals surface area contributed by atoms with Crippen molar-refractivity contribution >= 4 is 10.9 Å². The summed E-state index contributed by atoms with van der Waals surface area (Å²) < 4.78 is 5.42. The molecule has 2 N–H and O–H groups in total. The largest absolute Gasteiger partial charge is 0.481 e. The SMILES string of the molecule is COc1nc2ccccc2cc1CNCCc1ccc(CO)cc1. The first-order chi connectivity index (χ1) is 11.8. The van der Waals surface area contributed by atoms with Crippen LogP contribution in [0.15, 0.2) is 54.6 Å². The van der Waals surface area contributed by atoms with E-state index in [-0.39, 0.29) is 6.61 Å². The number of nitrogens with one attached hydrogen (secondary N) is 1. The van der Waals surface area contributed by atoms with Crippen LogP contribution in [-0.4, -0.2) is 23.7 Å². The fraction of sp³-hybridized carbons (Fsp3) is 0.250. The molecule has 0 saturated carbocycles. The van der Waals surface area contributed by atoms with E-state index in [1.807, 2.05) is 30.3 Å². The molecule has 3 rings (SSSR count). The van der Waals surface area contributed by atoms with Crippen LogP contribution in [0.2, 0.25) is 0 Å². The Morgan fingerprint density at radius 3 is 2.54 bits per heavy atom. The Balaban J connectivity index is 1.60. The van der Waals surface area contributed by atoms with Gasteiger partial charge < -0.3 is 15.2 Å². The van der Waals surface area contributed by atoms with Crippen LogP contribution in [0.4, 0.5) is 0 Å². The van der Waals surface area contributed by atoms with Crippen molar-refractivity contribution in [3.8, 4) is 5.88 Å². The maximum Gasteiger partial charge on any atom is 0.218 e. The van der Waals surface area contributed by atoms with Crippen molar-refractivity contribution in [2.24, 2.45) is 0 Å². The van der Waals surface area contributed by atoms with E-state index in [0.29, 0.717) is 5.88 Å². The first-order valence-electron chi connectivity index (χ1n) is 8.12. The predicted molar refractivity (Wildman–Crippen MR) is 96.1 cm³/mol. The number of aliphatic hydroxyl groups is 1. The number of pyridine rings is 1. The highest BCUT2D eigenvalue weighted by Crippen LogP contribution is 2.21. The number of benzene rings is 2. The van der Waals surface area contributed by atoms with Gasteiger partial charge in [-0.15, -0.1) is 0 Å². The highest BCUT2D eigenvalue weighted by molar-refractivity contribution is 5.80. The molecule has 0 bridgehead atoms. The molecule has 4 heteroatoms. The second kappa shape index (κ2) is 7.90. The lowest BCUT2D eigenvalue weighted by atomic mass is 10.1. The molecule has 3 aromatic rings. The summed E-state index contributed by atoms with van der Waals surface area (Å²) in [6.07, 6.45) is 0.940. The van der Waals surface area contributed by atoms with Crippen LogP contribution < -0.4 is 10.1 Å². The van der Waals surface area contributed by atoms with Crippen molar-refractivity contribution in [1.29, 1.82) is 0 Å². The van der Waals surface area contributed by atoms with Gasteiger partial charge in [0, 0.05) is 17.5 Å². The summed E-state index contributed by atoms with van der Waals surface area (Å²) in [5, 5.41) is 13.6. The summed E-state index contributed by atoms with van der Waals surface area (Å²) in [5.41, 5.74) is 4.20. The van der Waals surface area contributed by atoms with Gasteiger partial charge in [-0.2, -0.15) is 0 Å². The zero-order chi connectivity index (χ0) is 16.8. The maximum absolute atomic E-state index is 9.06. The predicted octanol–water partition coefficient (Wildman–Crippen LogP) is 3.07. The van der Waals surface area contributed by atoms with Crippen LogP contribution >= 0.6 is 0 Å². The number of ether oxygens (including phenoxy) is 1. The summed E-state index contributed by atoms with van der Waals surface area (Å²) in [7, 11) is 1.66. The zero-order valence-electron chi connectivity index (χ0n) is 13.8. The van der Waals surface area contributed by atoms with Gasteiger partial charge in [-0.1, -0.05) is 42.5 Å². The van der Waals surface area contributed by atoms with Gasteiger partial charge in [0.25, 0.3) is 0 Å². The van der Waals surface area contributed by atoms with E-state index >= 15 is 0 Å². The highest BCUT2D eigenvalue weighted by atomic mass is 16.5. The molecule has 2 aromatic carbocycles. The standard InChI is InChI=1S/C20H22N2O2/c1-24-20-18(12-17-4-2-3-5-19(17)22-20)13-21-11-10-15-6-8-16(14-23)9-7-15/h2-9,12,21,23H,10-11,13-14H2,1H3. The number of rotatable bonds is 7. The molecule has 0 saturated heterocycles. The average Bonchev–Trinajstić information content (AvgIpc) is 2.65. The van der Waals surface area contributed by atoms with Crippen LogP contribution in [0.1, 0.15) is 16.7 Å². The number of hydrogen-bond acceptors (Lipinski definition) is 4. The third kappa shape index (κ3) is 3.91. The Bertz CT molecular complexity index is 800. The van der Waals surface area contributed by atoms with Gasteiger partial charge in [-0.05, 0) is 36.2 Å². The molecule has 0 aliphatic rings. The van der Waals surface area contributed by atoms with Crippen LogP contribution in [-0.2, 0) is 19.6 Å². The van der Waals surface area contributed by atoms with Crippen LogP contribution in [0.25, 0.3) is 10.9 Å². The lowest BCUT2D eigenvalue weighted by molar-refractivity contribution is 0.282. The fourth-order valence-corrected chi connectivity index (χ4v) is 2.71. The van der Waals surface area contributed by atoms with Gasteiger partial charge in [0.05, 0.1) is 19.2 Å². The molecule has 0 unspecified atom stereocenters. The molecule has 1 aromatic heterocycles. The lowest BCUT2D eigenvalue weighted by Crippen LogP contribution is -2.17. The minimum Gasteiger partial charge on any atom is -0.481 e. The van der Waals surface area contributed by atoms with E-state index in [1.54, 1.807) is 7.11 Å². The Kier molecular flexibility index (Phi) is 5.41. The second-order valence-electron chi connectivity index (χ2n) is 5.75. The van der Waals surface area contributed by atoms with Crippen molar-refractivity contribution < 1.29 is 9.84 Å². The van der Waals surface area contributed by atoms with Crippen LogP contribution in [0.5, 0.6) is 5.88 Å². The molecule has 0 aliphatic carbocycles. The third-order valence-electron chi connectivity index (χ3n) is 4.07. The lowest BCUT2D eigenvalue weighted by Gasteiger charge is -2.10. The van der Waals surface area contributed by atoms with E-state index in [1.165, 1.54) is 5.56 Å². The van der Waals surface area contributed by atoms with E-state index in [9.17, 15) is 0 Å². The normalized spacial score (nSPS) is 10.9. The van der Waals surface area contributed by atoms with Crippen LogP contribution in [0.3, 0.4) is 0 Å². The van der Waals surface area contributed by atoms with E-state index in [4.69, 9.17) is 9.84 Å². The fourth-order valence-electron chi connectivity index (χ4n) is 2.71. The average molecular weight is 322 g/mol. The number of hydrogen-bond donors (Lipinski definition) is 2. The summed E-state index contributed by atoms with van der Waals surface area (Å²) in [4.78, 5) is 4.56. The van der Waals surface area contributed by atoms with Gasteiger partial charge in [0.1, 0.15) is 0 Å². The summed E-state index contributed by atoms with van der Waals surface area (Å²) in [6.45, 7) is 1.68. The van der Waals surface area contributed by atoms with Gasteiger partial charge in [0.2, 0.25) is 5.88 Å². The number of nitrogens with zero attached hydrogens (tertiary/aromatic N) is 1. The number of para-hydroxylation sites is 1. The molecule has 24 heavy (non-hydrogen) atoms. The minimum absolute atomic E-state index is 0.0906. The minimum atomic E-state index is 0.0906. The quantitative estimate of drug-likeness (QED) is 0.657. The summed E-state index contributed by atoms with van der Waals surface area (Å²) in [5.74, 6) is 0.675. The monoisotopic (exact) mass is 322 g/mol. The molecule has 0 amide bonds. The Labute approximate surface area is 142 Å². The van der Waals surface area contributed by atoms with Crippen molar-refractivity contribution in [2.75, 3.05) is 13.7 Å². The van der Waals surface area contributed by atoms with E-state index in [2.05, 4.69) is 34.6 Å². The van der Waals surface area contributed by atoms with Crippen molar-refractivity contribution in [3.05, 3.63) is 71.3 Å². The zero-order valence-corrected chi connectivity index (χ0v) is 13.8. The molecule has 124 valence electrons. The molecule has 0 spiro atoms. The molecule has 0 radical (unpaired) electrons. The molecule has 0 aliphatic heterocycles. The number of aliphatic hydroxyl groups excluding tert-OH is 1. The second-order valence-corrected chi connectivity index (χ2v) is 5.75. The molecular weight excluding hydrogens is 300 g/mol. The number of methoxy groups -OCH3 is 1. The molecule has 0 fully saturated rings. The van der Waals surface area contributed by atoms with Gasteiger partial charge in [-0.25, -0.2) is 4.98 Å². The van der Waals surface area contributed by atoms with Gasteiger partial charge >= 0.3 is 0 Å².